The zero-order chi connectivity index (χ0) is 52.2. The zero-order valence-electron chi connectivity index (χ0n) is 48.2. The Morgan fingerprint density at radius 1 is 0.389 bits per heavy atom. The number of carbonyl (C=O) groups excluding carboxylic acids is 2. The number of allylic oxidation sites excluding steroid dienone is 7. The van der Waals surface area contributed by atoms with E-state index in [4.69, 9.17) is 4.74 Å². The normalized spacial score (nSPS) is 12.9. The van der Waals surface area contributed by atoms with Crippen molar-refractivity contribution in [1.29, 1.82) is 0 Å². The van der Waals surface area contributed by atoms with Gasteiger partial charge in [0.1, 0.15) is 0 Å². The fraction of sp³-hybridized carbons (Fsp3) is 0.848. The minimum Gasteiger partial charge on any atom is -0.466 e. The molecule has 2 atom stereocenters. The number of esters is 1. The van der Waals surface area contributed by atoms with Gasteiger partial charge in [0.05, 0.1) is 25.4 Å². The van der Waals surface area contributed by atoms with Gasteiger partial charge in [0.15, 0.2) is 0 Å². The molecule has 0 aromatic heterocycles. The summed E-state index contributed by atoms with van der Waals surface area (Å²) in [7, 11) is 0. The molecule has 0 saturated heterocycles. The first-order chi connectivity index (χ1) is 35.5. The molecule has 0 heterocycles. The lowest BCUT2D eigenvalue weighted by molar-refractivity contribution is -0.143. The maximum atomic E-state index is 12.5. The van der Waals surface area contributed by atoms with E-state index in [0.29, 0.717) is 19.4 Å². The van der Waals surface area contributed by atoms with Crippen molar-refractivity contribution in [2.24, 2.45) is 0 Å². The van der Waals surface area contributed by atoms with Gasteiger partial charge in [0, 0.05) is 12.8 Å². The summed E-state index contributed by atoms with van der Waals surface area (Å²) in [4.78, 5) is 24.6. The lowest BCUT2D eigenvalue weighted by Crippen LogP contribution is -2.45. The van der Waals surface area contributed by atoms with Gasteiger partial charge < -0.3 is 20.3 Å². The molecule has 72 heavy (non-hydrogen) atoms. The first-order valence-electron chi connectivity index (χ1n) is 31.9. The van der Waals surface area contributed by atoms with E-state index >= 15 is 0 Å². The van der Waals surface area contributed by atoms with Gasteiger partial charge >= 0.3 is 5.97 Å². The van der Waals surface area contributed by atoms with Crippen LogP contribution in [0, 0.1) is 0 Å². The molecular weight excluding hydrogens is 887 g/mol. The molecule has 2 unspecified atom stereocenters. The standard InChI is InChI=1S/C66H123NO5/c1-3-5-7-9-11-13-15-17-19-20-21-22-23-24-25-26-27-28-31-34-38-42-46-50-54-58-64(69)63(62-68)67-65(70)59-55-51-47-43-39-35-32-29-33-37-41-45-49-53-57-61-72-66(71)60-56-52-48-44-40-36-30-18-16-14-12-10-8-6-4-2/h12,14,18,30,33,37,54,58,63-64,68-69H,3-11,13,15-17,19-29,31-32,34-36,38-53,55-57,59-62H2,1-2H3,(H,67,70)/b14-12-,30-18-,37-33-,58-54+. The molecule has 3 N–H and O–H groups in total. The van der Waals surface area contributed by atoms with Crippen LogP contribution in [0.5, 0.6) is 0 Å². The van der Waals surface area contributed by atoms with Crippen molar-refractivity contribution >= 4 is 11.9 Å². The molecule has 0 fully saturated rings. The van der Waals surface area contributed by atoms with E-state index in [0.717, 1.165) is 83.5 Å². The van der Waals surface area contributed by atoms with E-state index in [-0.39, 0.29) is 18.5 Å². The Morgan fingerprint density at radius 2 is 0.694 bits per heavy atom. The lowest BCUT2D eigenvalue weighted by Gasteiger charge is -2.20. The highest BCUT2D eigenvalue weighted by atomic mass is 16.5. The minimum absolute atomic E-state index is 0.0250. The predicted molar refractivity (Wildman–Crippen MR) is 315 cm³/mol. The molecular formula is C66H123NO5. The largest absolute Gasteiger partial charge is 0.466 e. The van der Waals surface area contributed by atoms with Crippen LogP contribution in [-0.4, -0.2) is 47.4 Å². The fourth-order valence-corrected chi connectivity index (χ4v) is 9.66. The number of unbranched alkanes of at least 4 members (excludes halogenated alkanes) is 42. The second-order valence-electron chi connectivity index (χ2n) is 21.7. The Kier molecular flexibility index (Phi) is 59.5. The molecule has 0 saturated carbocycles. The van der Waals surface area contributed by atoms with Crippen LogP contribution in [0.3, 0.4) is 0 Å². The highest BCUT2D eigenvalue weighted by molar-refractivity contribution is 5.76. The Morgan fingerprint density at radius 3 is 1.10 bits per heavy atom. The average molecular weight is 1010 g/mol. The summed E-state index contributed by atoms with van der Waals surface area (Å²) in [5, 5.41) is 23.2. The van der Waals surface area contributed by atoms with Crippen LogP contribution in [0.15, 0.2) is 48.6 Å². The molecule has 6 nitrogen and oxygen atoms in total. The molecule has 0 rings (SSSR count). The number of hydrogen-bond donors (Lipinski definition) is 3. The lowest BCUT2D eigenvalue weighted by atomic mass is 10.0. The first kappa shape index (κ1) is 69.8. The number of carbonyl (C=O) groups is 2. The van der Waals surface area contributed by atoms with Crippen LogP contribution in [0.25, 0.3) is 0 Å². The van der Waals surface area contributed by atoms with E-state index in [1.165, 1.54) is 225 Å². The van der Waals surface area contributed by atoms with E-state index in [9.17, 15) is 19.8 Å². The SMILES string of the molecule is CCCCC/C=C\C/C=C\CCCCCCCC(=O)OCCCCCC/C=C\CCCCCCCCCC(=O)NC(CO)C(O)/C=C/CCCCCCCCCCCCCCCCCCCCCCCCC. The molecule has 6 heteroatoms. The smallest absolute Gasteiger partial charge is 0.305 e. The Hall–Kier alpha value is -2.18. The molecule has 0 aromatic carbocycles. The van der Waals surface area contributed by atoms with Crippen LogP contribution >= 0.6 is 0 Å². The zero-order valence-corrected chi connectivity index (χ0v) is 48.2. The summed E-state index contributed by atoms with van der Waals surface area (Å²) in [6.45, 7) is 4.85. The maximum absolute atomic E-state index is 12.5. The van der Waals surface area contributed by atoms with Gasteiger partial charge in [-0.05, 0) is 89.9 Å². The summed E-state index contributed by atoms with van der Waals surface area (Å²) in [6, 6.07) is -0.642. The molecule has 0 aliphatic heterocycles. The number of nitrogens with one attached hydrogen (secondary N) is 1. The van der Waals surface area contributed by atoms with Crippen molar-refractivity contribution in [2.45, 2.75) is 347 Å². The molecule has 0 aliphatic carbocycles. The van der Waals surface area contributed by atoms with E-state index in [1.54, 1.807) is 6.08 Å². The molecule has 0 radical (unpaired) electrons. The van der Waals surface area contributed by atoms with Crippen molar-refractivity contribution in [2.75, 3.05) is 13.2 Å². The third-order valence-corrected chi connectivity index (χ3v) is 14.6. The molecule has 422 valence electrons. The van der Waals surface area contributed by atoms with Gasteiger partial charge in [-0.2, -0.15) is 0 Å². The van der Waals surface area contributed by atoms with Crippen molar-refractivity contribution in [3.05, 3.63) is 48.6 Å². The van der Waals surface area contributed by atoms with E-state index in [2.05, 4.69) is 55.6 Å². The van der Waals surface area contributed by atoms with Crippen LogP contribution < -0.4 is 5.32 Å². The number of aliphatic hydroxyl groups is 2. The molecule has 0 aromatic rings. The summed E-state index contributed by atoms with van der Waals surface area (Å²) in [5.74, 6) is -0.106. The summed E-state index contributed by atoms with van der Waals surface area (Å²) in [5.41, 5.74) is 0. The fourth-order valence-electron chi connectivity index (χ4n) is 9.66. The van der Waals surface area contributed by atoms with Gasteiger partial charge in [-0.25, -0.2) is 0 Å². The van der Waals surface area contributed by atoms with Gasteiger partial charge in [-0.3, -0.25) is 9.59 Å². The molecule has 0 bridgehead atoms. The quantitative estimate of drug-likeness (QED) is 0.0320. The summed E-state index contributed by atoms with van der Waals surface area (Å²) < 4.78 is 5.46. The highest BCUT2D eigenvalue weighted by Crippen LogP contribution is 2.17. The van der Waals surface area contributed by atoms with Gasteiger partial charge in [0.2, 0.25) is 5.91 Å². The topological polar surface area (TPSA) is 95.9 Å². The van der Waals surface area contributed by atoms with Crippen LogP contribution in [0.1, 0.15) is 335 Å². The van der Waals surface area contributed by atoms with Crippen LogP contribution in [0.2, 0.25) is 0 Å². The number of amides is 1. The predicted octanol–water partition coefficient (Wildman–Crippen LogP) is 20.1. The third-order valence-electron chi connectivity index (χ3n) is 14.6. The monoisotopic (exact) mass is 1010 g/mol. The van der Waals surface area contributed by atoms with E-state index < -0.39 is 12.1 Å². The van der Waals surface area contributed by atoms with Gasteiger partial charge in [0.25, 0.3) is 0 Å². The van der Waals surface area contributed by atoms with Crippen LogP contribution in [0.4, 0.5) is 0 Å². The molecule has 0 spiro atoms. The average Bonchev–Trinajstić information content (AvgIpc) is 3.38. The Labute approximate surface area is 448 Å². The second-order valence-corrected chi connectivity index (χ2v) is 21.7. The van der Waals surface area contributed by atoms with E-state index in [1.807, 2.05) is 6.08 Å². The minimum atomic E-state index is -0.857. The number of hydrogen-bond acceptors (Lipinski definition) is 5. The molecule has 0 aliphatic rings. The van der Waals surface area contributed by atoms with Gasteiger partial charge in [-0.15, -0.1) is 0 Å². The number of rotatable bonds is 59. The van der Waals surface area contributed by atoms with Crippen molar-refractivity contribution < 1.29 is 24.5 Å². The van der Waals surface area contributed by atoms with Crippen molar-refractivity contribution in [1.82, 2.24) is 5.32 Å². The van der Waals surface area contributed by atoms with Crippen molar-refractivity contribution in [3.63, 3.8) is 0 Å². The first-order valence-corrected chi connectivity index (χ1v) is 31.9. The number of aliphatic hydroxyl groups excluding tert-OH is 2. The van der Waals surface area contributed by atoms with Gasteiger partial charge in [-0.1, -0.05) is 281 Å². The maximum Gasteiger partial charge on any atom is 0.305 e. The molecule has 1 amide bonds. The van der Waals surface area contributed by atoms with Crippen LogP contribution in [-0.2, 0) is 14.3 Å². The second kappa shape index (κ2) is 61.4. The highest BCUT2D eigenvalue weighted by Gasteiger charge is 2.18. The van der Waals surface area contributed by atoms with Crippen molar-refractivity contribution in [3.8, 4) is 0 Å². The number of ether oxygens (including phenoxy) is 1. The summed E-state index contributed by atoms with van der Waals surface area (Å²) >= 11 is 0. The third kappa shape index (κ3) is 57.1. The Bertz CT molecular complexity index is 1210. The Balaban J connectivity index is 3.51. The summed E-state index contributed by atoms with van der Waals surface area (Å²) in [6.07, 6.45) is 78.7.